The van der Waals surface area contributed by atoms with Crippen molar-refractivity contribution in [2.45, 2.75) is 24.4 Å². The van der Waals surface area contributed by atoms with Gasteiger partial charge in [0.1, 0.15) is 0 Å². The van der Waals surface area contributed by atoms with Gasteiger partial charge in [0.25, 0.3) is 0 Å². The van der Waals surface area contributed by atoms with Gasteiger partial charge in [0.05, 0.1) is 10.9 Å². The van der Waals surface area contributed by atoms with E-state index in [9.17, 15) is 13.2 Å². The molecule has 8 heteroatoms. The number of pyridine rings is 1. The van der Waals surface area contributed by atoms with Gasteiger partial charge in [0, 0.05) is 18.9 Å². The maximum atomic E-state index is 11.9. The Hall–Kier alpha value is -2.45. The van der Waals surface area contributed by atoms with Crippen LogP contribution in [0.2, 0.25) is 0 Å². The number of nitrogens with zero attached hydrogens (tertiary/aromatic N) is 1. The van der Waals surface area contributed by atoms with E-state index in [1.54, 1.807) is 37.5 Å². The second kappa shape index (κ2) is 7.21. The molecule has 2 aromatic rings. The fraction of sp³-hybridized carbons (Fsp3) is 0.200. The van der Waals surface area contributed by atoms with E-state index in [2.05, 4.69) is 15.6 Å². The highest BCUT2D eigenvalue weighted by atomic mass is 32.2. The number of primary sulfonamides is 1. The quantitative estimate of drug-likeness (QED) is 0.764. The van der Waals surface area contributed by atoms with Gasteiger partial charge in [-0.3, -0.25) is 4.98 Å². The molecule has 0 radical (unpaired) electrons. The van der Waals surface area contributed by atoms with Gasteiger partial charge in [0.15, 0.2) is 0 Å². The molecule has 122 valence electrons. The molecule has 1 heterocycles. The Labute approximate surface area is 135 Å². The van der Waals surface area contributed by atoms with Crippen LogP contribution in [0.5, 0.6) is 0 Å². The van der Waals surface area contributed by atoms with E-state index in [-0.39, 0.29) is 17.0 Å². The molecule has 0 saturated heterocycles. The topological polar surface area (TPSA) is 114 Å². The molecular formula is C15H18N4O3S. The molecule has 0 fully saturated rings. The lowest BCUT2D eigenvalue weighted by molar-refractivity contribution is 0.237. The van der Waals surface area contributed by atoms with E-state index < -0.39 is 10.0 Å². The number of hydrogen-bond donors (Lipinski definition) is 3. The molecule has 0 saturated carbocycles. The van der Waals surface area contributed by atoms with Crippen molar-refractivity contribution < 1.29 is 13.2 Å². The molecule has 1 aromatic heterocycles. The molecular weight excluding hydrogens is 316 g/mol. The number of nitrogens with two attached hydrogens (primary N) is 1. The van der Waals surface area contributed by atoms with Crippen LogP contribution in [0, 0.1) is 0 Å². The van der Waals surface area contributed by atoms with E-state index in [0.29, 0.717) is 12.1 Å². The number of urea groups is 1. The Morgan fingerprint density at radius 2 is 2.09 bits per heavy atom. The summed E-state index contributed by atoms with van der Waals surface area (Å²) in [6.45, 7) is 2.11. The fourth-order valence-electron chi connectivity index (χ4n) is 1.98. The van der Waals surface area contributed by atoms with Gasteiger partial charge in [-0.2, -0.15) is 0 Å². The monoisotopic (exact) mass is 334 g/mol. The van der Waals surface area contributed by atoms with E-state index in [0.717, 1.165) is 5.56 Å². The van der Waals surface area contributed by atoms with Crippen molar-refractivity contribution in [1.82, 2.24) is 15.6 Å². The first-order chi connectivity index (χ1) is 10.9. The number of benzene rings is 1. The van der Waals surface area contributed by atoms with Crippen LogP contribution in [0.1, 0.15) is 24.1 Å². The van der Waals surface area contributed by atoms with Gasteiger partial charge in [-0.25, -0.2) is 18.4 Å². The smallest absolute Gasteiger partial charge is 0.315 e. The minimum Gasteiger partial charge on any atom is -0.334 e. The largest absolute Gasteiger partial charge is 0.334 e. The summed E-state index contributed by atoms with van der Waals surface area (Å²) in [5, 5.41) is 10.6. The molecule has 0 spiro atoms. The second-order valence-electron chi connectivity index (χ2n) is 5.03. The van der Waals surface area contributed by atoms with Crippen molar-refractivity contribution in [3.63, 3.8) is 0 Å². The van der Waals surface area contributed by atoms with Crippen LogP contribution in [-0.4, -0.2) is 19.4 Å². The molecule has 2 rings (SSSR count). The van der Waals surface area contributed by atoms with Gasteiger partial charge < -0.3 is 10.6 Å². The molecule has 4 N–H and O–H groups in total. The number of amides is 2. The maximum Gasteiger partial charge on any atom is 0.315 e. The SMILES string of the molecule is CC(NC(=O)NCc1cccnc1)c1cccc(S(N)(=O)=O)c1. The van der Waals surface area contributed by atoms with E-state index in [1.807, 2.05) is 6.07 Å². The Morgan fingerprint density at radius 3 is 2.74 bits per heavy atom. The Bertz CT molecular complexity index is 778. The summed E-state index contributed by atoms with van der Waals surface area (Å²) in [4.78, 5) is 15.9. The lowest BCUT2D eigenvalue weighted by atomic mass is 10.1. The van der Waals surface area contributed by atoms with E-state index in [1.165, 1.54) is 12.1 Å². The number of carbonyl (C=O) groups is 1. The van der Waals surface area contributed by atoms with Crippen molar-refractivity contribution in [3.05, 3.63) is 59.9 Å². The van der Waals surface area contributed by atoms with Gasteiger partial charge in [-0.05, 0) is 36.2 Å². The van der Waals surface area contributed by atoms with Crippen LogP contribution in [0.25, 0.3) is 0 Å². The van der Waals surface area contributed by atoms with Gasteiger partial charge >= 0.3 is 6.03 Å². The Morgan fingerprint density at radius 1 is 1.30 bits per heavy atom. The number of hydrogen-bond acceptors (Lipinski definition) is 4. The first kappa shape index (κ1) is 16.9. The summed E-state index contributed by atoms with van der Waals surface area (Å²) >= 11 is 0. The zero-order valence-corrected chi connectivity index (χ0v) is 13.4. The van der Waals surface area contributed by atoms with Gasteiger partial charge in [-0.15, -0.1) is 0 Å². The zero-order valence-electron chi connectivity index (χ0n) is 12.6. The van der Waals surface area contributed by atoms with E-state index >= 15 is 0 Å². The van der Waals surface area contributed by atoms with Crippen LogP contribution in [0.15, 0.2) is 53.7 Å². The lowest BCUT2D eigenvalue weighted by Crippen LogP contribution is -2.36. The summed E-state index contributed by atoms with van der Waals surface area (Å²) in [6, 6.07) is 9.08. The Kier molecular flexibility index (Phi) is 5.30. The zero-order chi connectivity index (χ0) is 16.9. The minimum atomic E-state index is -3.77. The van der Waals surface area contributed by atoms with Crippen molar-refractivity contribution >= 4 is 16.1 Å². The summed E-state index contributed by atoms with van der Waals surface area (Å²) in [7, 11) is -3.77. The number of sulfonamides is 1. The first-order valence-electron chi connectivity index (χ1n) is 6.92. The van der Waals surface area contributed by atoms with Crippen LogP contribution >= 0.6 is 0 Å². The average Bonchev–Trinajstić information content (AvgIpc) is 2.53. The normalized spacial score (nSPS) is 12.4. The van der Waals surface area contributed by atoms with Crippen molar-refractivity contribution in [2.24, 2.45) is 5.14 Å². The number of nitrogens with one attached hydrogen (secondary N) is 2. The lowest BCUT2D eigenvalue weighted by Gasteiger charge is -2.15. The molecule has 7 nitrogen and oxygen atoms in total. The maximum absolute atomic E-state index is 11.9. The van der Waals surface area contributed by atoms with Crippen LogP contribution in [-0.2, 0) is 16.6 Å². The van der Waals surface area contributed by atoms with Crippen LogP contribution in [0.4, 0.5) is 4.79 Å². The minimum absolute atomic E-state index is 0.0134. The predicted octanol–water partition coefficient (Wildman–Crippen LogP) is 1.29. The van der Waals surface area contributed by atoms with Crippen molar-refractivity contribution in [2.75, 3.05) is 0 Å². The molecule has 1 atom stereocenters. The van der Waals surface area contributed by atoms with E-state index in [4.69, 9.17) is 5.14 Å². The third-order valence-corrected chi connectivity index (χ3v) is 4.12. The summed E-state index contributed by atoms with van der Waals surface area (Å²) < 4.78 is 22.7. The number of carbonyl (C=O) groups excluding carboxylic acids is 1. The van der Waals surface area contributed by atoms with Gasteiger partial charge in [-0.1, -0.05) is 18.2 Å². The third-order valence-electron chi connectivity index (χ3n) is 3.21. The van der Waals surface area contributed by atoms with Gasteiger partial charge in [0.2, 0.25) is 10.0 Å². The highest BCUT2D eigenvalue weighted by Crippen LogP contribution is 2.16. The molecule has 0 bridgehead atoms. The van der Waals surface area contributed by atoms with Crippen molar-refractivity contribution in [3.8, 4) is 0 Å². The highest BCUT2D eigenvalue weighted by Gasteiger charge is 2.13. The molecule has 0 aliphatic carbocycles. The first-order valence-corrected chi connectivity index (χ1v) is 8.47. The second-order valence-corrected chi connectivity index (χ2v) is 6.59. The van der Waals surface area contributed by atoms with Crippen molar-refractivity contribution in [1.29, 1.82) is 0 Å². The molecule has 0 aliphatic heterocycles. The molecule has 0 aliphatic rings. The third kappa shape index (κ3) is 5.04. The molecule has 1 aromatic carbocycles. The number of aromatic nitrogens is 1. The number of rotatable bonds is 5. The Balaban J connectivity index is 1.96. The average molecular weight is 334 g/mol. The van der Waals surface area contributed by atoms with Crippen LogP contribution in [0.3, 0.4) is 0 Å². The fourth-order valence-corrected chi connectivity index (χ4v) is 2.55. The standard InChI is InChI=1S/C15H18N4O3S/c1-11(13-5-2-6-14(8-13)23(16,21)22)19-15(20)18-10-12-4-3-7-17-9-12/h2-9,11H,10H2,1H3,(H2,16,21,22)(H2,18,19,20). The highest BCUT2D eigenvalue weighted by molar-refractivity contribution is 7.89. The summed E-state index contributed by atoms with van der Waals surface area (Å²) in [5.41, 5.74) is 1.53. The molecule has 2 amide bonds. The summed E-state index contributed by atoms with van der Waals surface area (Å²) in [6.07, 6.45) is 3.32. The predicted molar refractivity (Wildman–Crippen MR) is 85.8 cm³/mol. The summed E-state index contributed by atoms with van der Waals surface area (Å²) in [5.74, 6) is 0. The molecule has 23 heavy (non-hydrogen) atoms. The van der Waals surface area contributed by atoms with Crippen LogP contribution < -0.4 is 15.8 Å². The molecule has 1 unspecified atom stereocenters.